The summed E-state index contributed by atoms with van der Waals surface area (Å²) >= 11 is 3.32. The summed E-state index contributed by atoms with van der Waals surface area (Å²) in [6.07, 6.45) is 2.48. The maximum atomic E-state index is 12.9. The normalized spacial score (nSPS) is 28.4. The highest BCUT2D eigenvalue weighted by molar-refractivity contribution is 9.10. The van der Waals surface area contributed by atoms with Crippen LogP contribution in [0.5, 0.6) is 0 Å². The number of hydrogen-bond donors (Lipinski definition) is 1. The number of likely N-dealkylation sites (N-methyl/N-ethyl adjacent to an activating group) is 2. The average Bonchev–Trinajstić information content (AvgIpc) is 3.01. The van der Waals surface area contributed by atoms with Crippen molar-refractivity contribution in [1.82, 2.24) is 24.3 Å². The van der Waals surface area contributed by atoms with Crippen LogP contribution in [-0.4, -0.2) is 112 Å². The van der Waals surface area contributed by atoms with Crippen LogP contribution in [0.25, 0.3) is 0 Å². The van der Waals surface area contributed by atoms with Gasteiger partial charge in [-0.15, -0.1) is 0 Å². The van der Waals surface area contributed by atoms with Crippen LogP contribution < -0.4 is 21.3 Å². The van der Waals surface area contributed by atoms with E-state index in [0.29, 0.717) is 28.1 Å². The van der Waals surface area contributed by atoms with E-state index in [2.05, 4.69) is 66.7 Å². The zero-order valence-corrected chi connectivity index (χ0v) is 27.3. The Bertz CT molecular complexity index is 1360. The molecule has 4 atom stereocenters. The Morgan fingerprint density at radius 3 is 1.77 bits per heavy atom. The van der Waals surface area contributed by atoms with Crippen molar-refractivity contribution in [3.05, 3.63) is 60.8 Å². The highest BCUT2D eigenvalue weighted by Crippen LogP contribution is 2.36. The number of morpholine rings is 2. The van der Waals surface area contributed by atoms with Crippen molar-refractivity contribution in [1.29, 1.82) is 0 Å². The molecule has 10 nitrogen and oxygen atoms in total. The maximum Gasteiger partial charge on any atom is 0.274 e. The molecular formula is C32H47BrN6O4. The van der Waals surface area contributed by atoms with Crippen LogP contribution >= 0.6 is 15.9 Å². The zero-order valence-electron chi connectivity index (χ0n) is 25.7. The highest BCUT2D eigenvalue weighted by atomic mass is 79.9. The van der Waals surface area contributed by atoms with E-state index in [9.17, 15) is 9.59 Å². The van der Waals surface area contributed by atoms with E-state index < -0.39 is 0 Å². The number of likely N-dealkylation sites (tertiary alicyclic amines) is 2. The molecule has 0 aliphatic carbocycles. The molecule has 2 aromatic rings. The molecule has 4 unspecified atom stereocenters. The van der Waals surface area contributed by atoms with E-state index in [1.807, 2.05) is 16.7 Å². The number of halogens is 1. The number of ether oxygens (including phenoxy) is 2. The SMILES string of the molecule is C1COCCN1.CN1CC2CC(C1)c1ccc(Br)c(=O)n1C2.CN1CC2CC(C1)c1ccc(N3CCOCC3)c(=O)n1C2. The molecule has 11 heteroatoms. The molecule has 4 saturated heterocycles. The lowest BCUT2D eigenvalue weighted by Crippen LogP contribution is -2.47. The van der Waals surface area contributed by atoms with Crippen LogP contribution in [0.2, 0.25) is 0 Å². The fourth-order valence-corrected chi connectivity index (χ4v) is 8.24. The lowest BCUT2D eigenvalue weighted by atomic mass is 9.83. The molecule has 0 amide bonds. The zero-order chi connectivity index (χ0) is 29.9. The first kappa shape index (κ1) is 31.0. The van der Waals surface area contributed by atoms with Crippen molar-refractivity contribution in [2.24, 2.45) is 11.8 Å². The van der Waals surface area contributed by atoms with E-state index in [-0.39, 0.29) is 11.1 Å². The van der Waals surface area contributed by atoms with Crippen LogP contribution in [0, 0.1) is 11.8 Å². The van der Waals surface area contributed by atoms with E-state index in [1.165, 1.54) is 24.2 Å². The van der Waals surface area contributed by atoms with Gasteiger partial charge in [-0.2, -0.15) is 0 Å². The van der Waals surface area contributed by atoms with Gasteiger partial charge in [-0.1, -0.05) is 0 Å². The second-order valence-corrected chi connectivity index (χ2v) is 13.9. The van der Waals surface area contributed by atoms with Crippen LogP contribution in [0.15, 0.2) is 38.3 Å². The van der Waals surface area contributed by atoms with Crippen LogP contribution in [0.4, 0.5) is 5.69 Å². The lowest BCUT2D eigenvalue weighted by molar-refractivity contribution is 0.109. The Morgan fingerprint density at radius 1 is 0.698 bits per heavy atom. The smallest absolute Gasteiger partial charge is 0.274 e. The molecule has 6 aliphatic rings. The van der Waals surface area contributed by atoms with Gasteiger partial charge in [0.1, 0.15) is 5.69 Å². The number of anilines is 1. The van der Waals surface area contributed by atoms with Crippen LogP contribution in [-0.2, 0) is 22.6 Å². The molecule has 2 aromatic heterocycles. The van der Waals surface area contributed by atoms with Crippen molar-refractivity contribution in [2.45, 2.75) is 37.8 Å². The Morgan fingerprint density at radius 2 is 1.23 bits per heavy atom. The van der Waals surface area contributed by atoms with Gasteiger partial charge in [-0.25, -0.2) is 0 Å². The summed E-state index contributed by atoms with van der Waals surface area (Å²) in [6.45, 7) is 13.1. The molecule has 1 N–H and O–H groups in total. The fraction of sp³-hybridized carbons (Fsp3) is 0.688. The van der Waals surface area contributed by atoms with Crippen molar-refractivity contribution in [2.75, 3.05) is 97.8 Å². The van der Waals surface area contributed by atoms with Gasteiger partial charge < -0.3 is 38.6 Å². The molecule has 4 fully saturated rings. The topological polar surface area (TPSA) is 84.2 Å². The van der Waals surface area contributed by atoms with Gasteiger partial charge in [0, 0.05) is 88.7 Å². The predicted octanol–water partition coefficient (Wildman–Crippen LogP) is 2.00. The average molecular weight is 660 g/mol. The minimum atomic E-state index is 0.136. The number of rotatable bonds is 1. The minimum absolute atomic E-state index is 0.136. The van der Waals surface area contributed by atoms with Gasteiger partial charge in [-0.3, -0.25) is 9.59 Å². The molecule has 0 radical (unpaired) electrons. The van der Waals surface area contributed by atoms with Crippen molar-refractivity contribution in [3.8, 4) is 0 Å². The van der Waals surface area contributed by atoms with Gasteiger partial charge in [0.2, 0.25) is 0 Å². The first-order valence-corrected chi connectivity index (χ1v) is 16.8. The Kier molecular flexibility index (Phi) is 10.1. The van der Waals surface area contributed by atoms with E-state index in [4.69, 9.17) is 9.47 Å². The summed E-state index contributed by atoms with van der Waals surface area (Å²) in [5, 5.41) is 3.16. The number of nitrogens with one attached hydrogen (secondary N) is 1. The first-order valence-electron chi connectivity index (χ1n) is 16.0. The largest absolute Gasteiger partial charge is 0.379 e. The van der Waals surface area contributed by atoms with Crippen LogP contribution in [0.3, 0.4) is 0 Å². The van der Waals surface area contributed by atoms with Gasteiger partial charge >= 0.3 is 0 Å². The molecule has 0 saturated carbocycles. The molecule has 0 spiro atoms. The monoisotopic (exact) mass is 658 g/mol. The number of pyridine rings is 2. The van der Waals surface area contributed by atoms with Gasteiger partial charge in [0.25, 0.3) is 11.1 Å². The molecular weight excluding hydrogens is 612 g/mol. The summed E-state index contributed by atoms with van der Waals surface area (Å²) in [5.41, 5.74) is 3.65. The number of hydrogen-bond acceptors (Lipinski definition) is 8. The van der Waals surface area contributed by atoms with Gasteiger partial charge in [0.15, 0.2) is 0 Å². The second kappa shape index (κ2) is 14.0. The van der Waals surface area contributed by atoms with E-state index in [1.54, 1.807) is 0 Å². The molecule has 8 rings (SSSR count). The van der Waals surface area contributed by atoms with Crippen molar-refractivity contribution in [3.63, 3.8) is 0 Å². The number of fused-ring (bicyclic) bond motifs is 8. The van der Waals surface area contributed by atoms with Crippen LogP contribution in [0.1, 0.15) is 36.1 Å². The minimum Gasteiger partial charge on any atom is -0.379 e. The molecule has 8 heterocycles. The summed E-state index contributed by atoms with van der Waals surface area (Å²) in [4.78, 5) is 31.9. The summed E-state index contributed by atoms with van der Waals surface area (Å²) in [6, 6.07) is 8.22. The molecule has 6 aliphatic heterocycles. The predicted molar refractivity (Wildman–Crippen MR) is 173 cm³/mol. The molecule has 43 heavy (non-hydrogen) atoms. The first-order chi connectivity index (χ1) is 20.9. The quantitative estimate of drug-likeness (QED) is 0.498. The summed E-state index contributed by atoms with van der Waals surface area (Å²) in [7, 11) is 4.36. The molecule has 236 valence electrons. The third-order valence-electron chi connectivity index (χ3n) is 9.71. The standard InChI is InChI=1S/C16H23N3O2.C12H15BrN2O.C4H9NO/c1-17-9-12-8-13(11-17)14-2-3-15(16(20)19(14)10-12)18-4-6-21-7-5-18;1-14-5-8-4-9(7-14)11-3-2-10(13)12(16)15(11)6-8;1-3-6-4-2-5-1/h2-3,12-13H,4-11H2,1H3;2-3,8-9H,4-7H2,1H3;5H,1-4H2. The van der Waals surface area contributed by atoms with Crippen molar-refractivity contribution >= 4 is 21.6 Å². The highest BCUT2D eigenvalue weighted by Gasteiger charge is 2.35. The second-order valence-electron chi connectivity index (χ2n) is 13.1. The van der Waals surface area contributed by atoms with E-state index in [0.717, 1.165) is 97.6 Å². The number of nitrogens with zero attached hydrogens (tertiary/aromatic N) is 5. The third-order valence-corrected chi connectivity index (χ3v) is 10.3. The lowest BCUT2D eigenvalue weighted by Gasteiger charge is -2.42. The fourth-order valence-electron chi connectivity index (χ4n) is 7.89. The molecule has 4 bridgehead atoms. The number of aromatic nitrogens is 2. The maximum absolute atomic E-state index is 12.9. The summed E-state index contributed by atoms with van der Waals surface area (Å²) < 4.78 is 15.1. The number of piperidine rings is 2. The Labute approximate surface area is 263 Å². The Hall–Kier alpha value is -2.02. The third kappa shape index (κ3) is 7.12. The van der Waals surface area contributed by atoms with Gasteiger partial charge in [0.05, 0.1) is 30.9 Å². The molecule has 0 aromatic carbocycles. The van der Waals surface area contributed by atoms with Crippen molar-refractivity contribution < 1.29 is 9.47 Å². The summed E-state index contributed by atoms with van der Waals surface area (Å²) in [5.74, 6) is 2.33. The van der Waals surface area contributed by atoms with E-state index >= 15 is 0 Å². The van der Waals surface area contributed by atoms with Gasteiger partial charge in [-0.05, 0) is 79.0 Å². The Balaban J connectivity index is 0.000000132.